The van der Waals surface area contributed by atoms with Gasteiger partial charge in [0.15, 0.2) is 11.6 Å². The molecule has 0 amide bonds. The SMILES string of the molecule is COc1cc(F)c(CC(C)=O)cc1F. The number of benzene rings is 1. The molecule has 0 atom stereocenters. The largest absolute Gasteiger partial charge is 0.494 e. The van der Waals surface area contributed by atoms with Crippen LogP contribution in [-0.2, 0) is 11.2 Å². The minimum absolute atomic E-state index is 0.0517. The molecule has 2 nitrogen and oxygen atoms in total. The Balaban J connectivity index is 3.08. The molecule has 0 aliphatic carbocycles. The van der Waals surface area contributed by atoms with Crippen LogP contribution >= 0.6 is 0 Å². The molecular weight excluding hydrogens is 190 g/mol. The molecule has 0 aliphatic rings. The smallest absolute Gasteiger partial charge is 0.165 e. The van der Waals surface area contributed by atoms with Crippen LogP contribution in [-0.4, -0.2) is 12.9 Å². The topological polar surface area (TPSA) is 26.3 Å². The predicted molar refractivity (Wildman–Crippen MR) is 47.3 cm³/mol. The number of ketones is 1. The molecule has 0 N–H and O–H groups in total. The monoisotopic (exact) mass is 200 g/mol. The van der Waals surface area contributed by atoms with Crippen LogP contribution in [0.15, 0.2) is 12.1 Å². The fourth-order valence-electron chi connectivity index (χ4n) is 1.13. The second-order valence-corrected chi connectivity index (χ2v) is 2.96. The summed E-state index contributed by atoms with van der Waals surface area (Å²) in [5.41, 5.74) is 0.0517. The zero-order valence-corrected chi connectivity index (χ0v) is 7.93. The lowest BCUT2D eigenvalue weighted by Gasteiger charge is -2.05. The van der Waals surface area contributed by atoms with Gasteiger partial charge < -0.3 is 4.74 Å². The molecule has 4 heteroatoms. The van der Waals surface area contributed by atoms with Crippen molar-refractivity contribution in [2.75, 3.05) is 7.11 Å². The van der Waals surface area contributed by atoms with Crippen LogP contribution in [0.4, 0.5) is 8.78 Å². The lowest BCUT2D eigenvalue weighted by molar-refractivity contribution is -0.116. The Morgan fingerprint density at radius 2 is 2.00 bits per heavy atom. The van der Waals surface area contributed by atoms with Crippen LogP contribution in [0.5, 0.6) is 5.75 Å². The number of ether oxygens (including phenoxy) is 1. The van der Waals surface area contributed by atoms with Gasteiger partial charge in [-0.2, -0.15) is 0 Å². The maximum Gasteiger partial charge on any atom is 0.165 e. The van der Waals surface area contributed by atoms with E-state index in [1.54, 1.807) is 0 Å². The van der Waals surface area contributed by atoms with E-state index in [4.69, 9.17) is 0 Å². The van der Waals surface area contributed by atoms with Gasteiger partial charge in [0.05, 0.1) is 7.11 Å². The minimum atomic E-state index is -0.662. The molecule has 0 spiro atoms. The first-order valence-corrected chi connectivity index (χ1v) is 4.06. The van der Waals surface area contributed by atoms with Crippen molar-refractivity contribution in [3.8, 4) is 5.75 Å². The van der Waals surface area contributed by atoms with Crippen molar-refractivity contribution in [2.24, 2.45) is 0 Å². The second kappa shape index (κ2) is 4.17. The summed E-state index contributed by atoms with van der Waals surface area (Å²) in [6.07, 6.45) is -0.104. The molecular formula is C10H10F2O2. The Morgan fingerprint density at radius 3 is 2.50 bits per heavy atom. The number of Topliss-reactive ketones (excluding diaryl/α,β-unsaturated/α-hetero) is 1. The van der Waals surface area contributed by atoms with Gasteiger partial charge in [-0.1, -0.05) is 0 Å². The Hall–Kier alpha value is -1.45. The van der Waals surface area contributed by atoms with Crippen molar-refractivity contribution in [3.63, 3.8) is 0 Å². The van der Waals surface area contributed by atoms with E-state index >= 15 is 0 Å². The zero-order valence-electron chi connectivity index (χ0n) is 7.93. The molecule has 76 valence electrons. The van der Waals surface area contributed by atoms with Crippen LogP contribution in [0.25, 0.3) is 0 Å². The van der Waals surface area contributed by atoms with Gasteiger partial charge in [0, 0.05) is 12.5 Å². The van der Waals surface area contributed by atoms with E-state index in [0.29, 0.717) is 0 Å². The van der Waals surface area contributed by atoms with Crippen molar-refractivity contribution in [1.82, 2.24) is 0 Å². The molecule has 0 saturated heterocycles. The van der Waals surface area contributed by atoms with Crippen molar-refractivity contribution in [3.05, 3.63) is 29.3 Å². The molecule has 0 heterocycles. The summed E-state index contributed by atoms with van der Waals surface area (Å²) in [5, 5.41) is 0. The molecule has 0 bridgehead atoms. The number of methoxy groups -OCH3 is 1. The van der Waals surface area contributed by atoms with Gasteiger partial charge in [0.1, 0.15) is 11.6 Å². The predicted octanol–water partition coefficient (Wildman–Crippen LogP) is 2.10. The first-order valence-electron chi connectivity index (χ1n) is 4.06. The molecule has 1 rings (SSSR count). The second-order valence-electron chi connectivity index (χ2n) is 2.96. The Kier molecular flexibility index (Phi) is 3.17. The maximum absolute atomic E-state index is 13.2. The normalized spacial score (nSPS) is 10.0. The van der Waals surface area contributed by atoms with Gasteiger partial charge in [0.25, 0.3) is 0 Å². The highest BCUT2D eigenvalue weighted by molar-refractivity contribution is 5.78. The van der Waals surface area contributed by atoms with Crippen molar-refractivity contribution >= 4 is 5.78 Å². The summed E-state index contributed by atoms with van der Waals surface area (Å²) in [7, 11) is 1.25. The van der Waals surface area contributed by atoms with Gasteiger partial charge in [-0.3, -0.25) is 4.79 Å². The van der Waals surface area contributed by atoms with E-state index in [9.17, 15) is 13.6 Å². The molecule has 0 unspecified atom stereocenters. The fraction of sp³-hybridized carbons (Fsp3) is 0.300. The Bertz CT molecular complexity index is 361. The number of carbonyl (C=O) groups is 1. The van der Waals surface area contributed by atoms with Crippen molar-refractivity contribution in [2.45, 2.75) is 13.3 Å². The van der Waals surface area contributed by atoms with Gasteiger partial charge in [-0.15, -0.1) is 0 Å². The molecule has 14 heavy (non-hydrogen) atoms. The van der Waals surface area contributed by atoms with Gasteiger partial charge in [-0.05, 0) is 18.6 Å². The van der Waals surface area contributed by atoms with Crippen LogP contribution < -0.4 is 4.74 Å². The molecule has 0 saturated carbocycles. The summed E-state index contributed by atoms with van der Waals surface area (Å²) >= 11 is 0. The van der Waals surface area contributed by atoms with E-state index in [1.807, 2.05) is 0 Å². The standard InChI is InChI=1S/C10H10F2O2/c1-6(13)3-7-4-9(12)10(14-2)5-8(7)11/h4-5H,3H2,1-2H3. The van der Waals surface area contributed by atoms with E-state index < -0.39 is 11.6 Å². The third kappa shape index (κ3) is 2.28. The van der Waals surface area contributed by atoms with Crippen LogP contribution in [0.3, 0.4) is 0 Å². The number of hydrogen-bond donors (Lipinski definition) is 0. The van der Waals surface area contributed by atoms with E-state index in [2.05, 4.69) is 4.74 Å². The molecule has 0 aliphatic heterocycles. The summed E-state index contributed by atoms with van der Waals surface area (Å²) in [4.78, 5) is 10.7. The molecule has 1 aromatic rings. The van der Waals surface area contributed by atoms with Gasteiger partial charge >= 0.3 is 0 Å². The highest BCUT2D eigenvalue weighted by Gasteiger charge is 2.11. The first-order chi connectivity index (χ1) is 6.54. The van der Waals surface area contributed by atoms with E-state index in [0.717, 1.165) is 12.1 Å². The van der Waals surface area contributed by atoms with Crippen molar-refractivity contribution in [1.29, 1.82) is 0 Å². The summed E-state index contributed by atoms with van der Waals surface area (Å²) < 4.78 is 30.8. The number of halogens is 2. The van der Waals surface area contributed by atoms with Gasteiger partial charge in [-0.25, -0.2) is 8.78 Å². The summed E-state index contributed by atoms with van der Waals surface area (Å²) in [5.74, 6) is -1.66. The molecule has 0 radical (unpaired) electrons. The highest BCUT2D eigenvalue weighted by Crippen LogP contribution is 2.21. The fourth-order valence-corrected chi connectivity index (χ4v) is 1.13. The van der Waals surface area contributed by atoms with Gasteiger partial charge in [0.2, 0.25) is 0 Å². The number of hydrogen-bond acceptors (Lipinski definition) is 2. The zero-order chi connectivity index (χ0) is 10.7. The van der Waals surface area contributed by atoms with Crippen LogP contribution in [0, 0.1) is 11.6 Å². The average Bonchev–Trinajstić information content (AvgIpc) is 2.10. The van der Waals surface area contributed by atoms with E-state index in [1.165, 1.54) is 14.0 Å². The average molecular weight is 200 g/mol. The lowest BCUT2D eigenvalue weighted by Crippen LogP contribution is -2.01. The number of carbonyl (C=O) groups excluding carboxylic acids is 1. The van der Waals surface area contributed by atoms with Crippen LogP contribution in [0.2, 0.25) is 0 Å². The highest BCUT2D eigenvalue weighted by atomic mass is 19.1. The number of rotatable bonds is 3. The summed E-state index contributed by atoms with van der Waals surface area (Å²) in [6, 6.07) is 1.92. The Morgan fingerprint density at radius 1 is 1.36 bits per heavy atom. The molecule has 1 aromatic carbocycles. The molecule has 0 aromatic heterocycles. The maximum atomic E-state index is 13.2. The third-order valence-electron chi connectivity index (χ3n) is 1.76. The minimum Gasteiger partial charge on any atom is -0.494 e. The van der Waals surface area contributed by atoms with E-state index in [-0.39, 0.29) is 23.5 Å². The Labute approximate surface area is 80.5 Å². The first kappa shape index (κ1) is 10.6. The van der Waals surface area contributed by atoms with Crippen LogP contribution in [0.1, 0.15) is 12.5 Å². The third-order valence-corrected chi connectivity index (χ3v) is 1.76. The summed E-state index contributed by atoms with van der Waals surface area (Å²) in [6.45, 7) is 1.32. The lowest BCUT2D eigenvalue weighted by atomic mass is 10.1. The van der Waals surface area contributed by atoms with Crippen molar-refractivity contribution < 1.29 is 18.3 Å². The quantitative estimate of drug-likeness (QED) is 0.746. The molecule has 0 fully saturated rings.